The van der Waals surface area contributed by atoms with Gasteiger partial charge in [0, 0.05) is 31.7 Å². The van der Waals surface area contributed by atoms with E-state index < -0.39 is 0 Å². The summed E-state index contributed by atoms with van der Waals surface area (Å²) in [5.74, 6) is -0.0166. The minimum absolute atomic E-state index is 0.0468. The van der Waals surface area contributed by atoms with Crippen molar-refractivity contribution >= 4 is 11.9 Å². The summed E-state index contributed by atoms with van der Waals surface area (Å²) < 4.78 is 0. The first kappa shape index (κ1) is 11.8. The Kier molecular flexibility index (Phi) is 2.77. The maximum Gasteiger partial charge on any atom is 0.317 e. The number of amides is 3. The van der Waals surface area contributed by atoms with Crippen LogP contribution in [0.5, 0.6) is 5.75 Å². The van der Waals surface area contributed by atoms with Crippen molar-refractivity contribution in [3.05, 3.63) is 29.8 Å². The number of nitrogens with zero attached hydrogens (tertiary/aromatic N) is 2. The van der Waals surface area contributed by atoms with E-state index in [1.165, 1.54) is 12.1 Å². The molecule has 0 spiro atoms. The fourth-order valence-electron chi connectivity index (χ4n) is 2.61. The number of phenolic OH excluding ortho intramolecular Hbond substituents is 1. The Labute approximate surface area is 110 Å². The second-order valence-corrected chi connectivity index (χ2v) is 4.83. The van der Waals surface area contributed by atoms with Crippen molar-refractivity contribution in [3.63, 3.8) is 0 Å². The molecule has 0 aromatic heterocycles. The molecule has 1 atom stereocenters. The molecule has 0 bridgehead atoms. The summed E-state index contributed by atoms with van der Waals surface area (Å²) in [6.07, 6.45) is 0. The van der Waals surface area contributed by atoms with Gasteiger partial charge in [-0.1, -0.05) is 6.07 Å². The topological polar surface area (TPSA) is 72.9 Å². The van der Waals surface area contributed by atoms with Gasteiger partial charge in [0.05, 0.1) is 6.04 Å². The SMILES string of the molecule is O=C(c1cccc(O)c1)N1CCN2C(=O)NCC2C1. The van der Waals surface area contributed by atoms with Gasteiger partial charge in [0.2, 0.25) is 0 Å². The predicted octanol–water partition coefficient (Wildman–Crippen LogP) is 0.242. The predicted molar refractivity (Wildman–Crippen MR) is 67.9 cm³/mol. The zero-order valence-electron chi connectivity index (χ0n) is 10.4. The van der Waals surface area contributed by atoms with Gasteiger partial charge < -0.3 is 20.2 Å². The molecular weight excluding hydrogens is 246 g/mol. The number of piperazine rings is 1. The van der Waals surface area contributed by atoms with Crippen molar-refractivity contribution in [2.45, 2.75) is 6.04 Å². The van der Waals surface area contributed by atoms with E-state index in [0.29, 0.717) is 31.7 Å². The molecule has 0 aliphatic carbocycles. The maximum absolute atomic E-state index is 12.3. The van der Waals surface area contributed by atoms with Gasteiger partial charge in [-0.2, -0.15) is 0 Å². The van der Waals surface area contributed by atoms with Gasteiger partial charge >= 0.3 is 6.03 Å². The third-order valence-electron chi connectivity index (χ3n) is 3.61. The highest BCUT2D eigenvalue weighted by Crippen LogP contribution is 2.18. The molecule has 2 aliphatic rings. The molecular formula is C13H15N3O3. The zero-order chi connectivity index (χ0) is 13.4. The summed E-state index contributed by atoms with van der Waals surface area (Å²) in [6, 6.07) is 6.35. The number of rotatable bonds is 1. The van der Waals surface area contributed by atoms with Crippen molar-refractivity contribution in [1.82, 2.24) is 15.1 Å². The van der Waals surface area contributed by atoms with Gasteiger partial charge in [0.25, 0.3) is 5.91 Å². The molecule has 2 saturated heterocycles. The molecule has 2 heterocycles. The van der Waals surface area contributed by atoms with E-state index in [-0.39, 0.29) is 23.7 Å². The molecule has 19 heavy (non-hydrogen) atoms. The van der Waals surface area contributed by atoms with Gasteiger partial charge in [-0.15, -0.1) is 0 Å². The van der Waals surface area contributed by atoms with Gasteiger partial charge in [0.15, 0.2) is 0 Å². The van der Waals surface area contributed by atoms with Crippen LogP contribution in [0.4, 0.5) is 4.79 Å². The number of nitrogens with one attached hydrogen (secondary N) is 1. The minimum Gasteiger partial charge on any atom is -0.508 e. The lowest BCUT2D eigenvalue weighted by Gasteiger charge is -2.36. The molecule has 0 radical (unpaired) electrons. The molecule has 2 fully saturated rings. The first-order chi connectivity index (χ1) is 9.15. The maximum atomic E-state index is 12.3. The highest BCUT2D eigenvalue weighted by atomic mass is 16.3. The van der Waals surface area contributed by atoms with Crippen molar-refractivity contribution < 1.29 is 14.7 Å². The van der Waals surface area contributed by atoms with Gasteiger partial charge in [-0.25, -0.2) is 4.79 Å². The van der Waals surface area contributed by atoms with Crippen molar-refractivity contribution in [2.75, 3.05) is 26.2 Å². The van der Waals surface area contributed by atoms with Gasteiger partial charge in [-0.05, 0) is 18.2 Å². The van der Waals surface area contributed by atoms with E-state index in [0.717, 1.165) is 0 Å². The average Bonchev–Trinajstić information content (AvgIpc) is 2.79. The lowest BCUT2D eigenvalue weighted by molar-refractivity contribution is 0.0616. The number of fused-ring (bicyclic) bond motifs is 1. The van der Waals surface area contributed by atoms with Crippen LogP contribution in [0.15, 0.2) is 24.3 Å². The lowest BCUT2D eigenvalue weighted by atomic mass is 10.1. The number of urea groups is 1. The van der Waals surface area contributed by atoms with Crippen LogP contribution in [0.2, 0.25) is 0 Å². The standard InChI is InChI=1S/C13H15N3O3/c17-11-3-1-2-9(6-11)12(18)15-4-5-16-10(8-15)7-14-13(16)19/h1-3,6,10,17H,4-5,7-8H2,(H,14,19). The first-order valence-electron chi connectivity index (χ1n) is 6.28. The van der Waals surface area contributed by atoms with Crippen LogP contribution >= 0.6 is 0 Å². The third-order valence-corrected chi connectivity index (χ3v) is 3.61. The van der Waals surface area contributed by atoms with Crippen LogP contribution in [-0.2, 0) is 0 Å². The van der Waals surface area contributed by atoms with Crippen LogP contribution in [0.3, 0.4) is 0 Å². The monoisotopic (exact) mass is 261 g/mol. The molecule has 6 heteroatoms. The summed E-state index contributed by atoms with van der Waals surface area (Å²) in [7, 11) is 0. The largest absolute Gasteiger partial charge is 0.508 e. The van der Waals surface area contributed by atoms with Crippen LogP contribution in [0.1, 0.15) is 10.4 Å². The number of carbonyl (C=O) groups excluding carboxylic acids is 2. The van der Waals surface area contributed by atoms with Crippen LogP contribution in [-0.4, -0.2) is 59.1 Å². The normalized spacial score (nSPS) is 22.1. The van der Waals surface area contributed by atoms with E-state index in [4.69, 9.17) is 0 Å². The first-order valence-corrected chi connectivity index (χ1v) is 6.28. The summed E-state index contributed by atoms with van der Waals surface area (Å²) in [6.45, 7) is 2.20. The van der Waals surface area contributed by atoms with E-state index in [1.807, 2.05) is 0 Å². The molecule has 1 unspecified atom stereocenters. The Balaban J connectivity index is 1.74. The number of phenols is 1. The highest BCUT2D eigenvalue weighted by Gasteiger charge is 2.36. The fraction of sp³-hybridized carbons (Fsp3) is 0.385. The molecule has 3 rings (SSSR count). The van der Waals surface area contributed by atoms with Crippen LogP contribution in [0, 0.1) is 0 Å². The second-order valence-electron chi connectivity index (χ2n) is 4.83. The van der Waals surface area contributed by atoms with Crippen molar-refractivity contribution in [2.24, 2.45) is 0 Å². The smallest absolute Gasteiger partial charge is 0.317 e. The van der Waals surface area contributed by atoms with E-state index in [2.05, 4.69) is 5.32 Å². The third kappa shape index (κ3) is 2.09. The van der Waals surface area contributed by atoms with Gasteiger partial charge in [0.1, 0.15) is 5.75 Å². The number of hydrogen-bond donors (Lipinski definition) is 2. The van der Waals surface area contributed by atoms with E-state index in [9.17, 15) is 14.7 Å². The van der Waals surface area contributed by atoms with Crippen molar-refractivity contribution in [3.8, 4) is 5.75 Å². The van der Waals surface area contributed by atoms with Gasteiger partial charge in [-0.3, -0.25) is 4.79 Å². The lowest BCUT2D eigenvalue weighted by Crippen LogP contribution is -2.53. The second kappa shape index (κ2) is 4.46. The van der Waals surface area contributed by atoms with E-state index in [1.54, 1.807) is 21.9 Å². The van der Waals surface area contributed by atoms with Crippen molar-refractivity contribution in [1.29, 1.82) is 0 Å². The molecule has 100 valence electrons. The number of carbonyl (C=O) groups is 2. The number of benzene rings is 1. The molecule has 2 N–H and O–H groups in total. The Bertz CT molecular complexity index is 532. The summed E-state index contributed by atoms with van der Waals surface area (Å²) in [4.78, 5) is 27.3. The summed E-state index contributed by atoms with van der Waals surface area (Å²) in [5.41, 5.74) is 0.478. The Hall–Kier alpha value is -2.24. The average molecular weight is 261 g/mol. The zero-order valence-corrected chi connectivity index (χ0v) is 10.4. The quantitative estimate of drug-likeness (QED) is 0.760. The fourth-order valence-corrected chi connectivity index (χ4v) is 2.61. The van der Waals surface area contributed by atoms with E-state index >= 15 is 0 Å². The Morgan fingerprint density at radius 2 is 2.21 bits per heavy atom. The van der Waals surface area contributed by atoms with Crippen LogP contribution < -0.4 is 5.32 Å². The summed E-state index contributed by atoms with van der Waals surface area (Å²) >= 11 is 0. The minimum atomic E-state index is -0.102. The Morgan fingerprint density at radius 1 is 1.37 bits per heavy atom. The summed E-state index contributed by atoms with van der Waals surface area (Å²) in [5, 5.41) is 12.2. The molecule has 0 saturated carbocycles. The molecule has 3 amide bonds. The molecule has 6 nitrogen and oxygen atoms in total. The highest BCUT2D eigenvalue weighted by molar-refractivity contribution is 5.95. The number of hydrogen-bond acceptors (Lipinski definition) is 3. The number of aromatic hydroxyl groups is 1. The molecule has 1 aromatic carbocycles. The Morgan fingerprint density at radius 3 is 3.00 bits per heavy atom. The van der Waals surface area contributed by atoms with Crippen LogP contribution in [0.25, 0.3) is 0 Å². The molecule has 1 aromatic rings. The molecule has 2 aliphatic heterocycles.